The van der Waals surface area contributed by atoms with Gasteiger partial charge in [-0.25, -0.2) is 8.42 Å². The van der Waals surface area contributed by atoms with E-state index in [9.17, 15) is 8.42 Å². The zero-order chi connectivity index (χ0) is 10.9. The molecule has 0 aliphatic rings. The molecule has 0 unspecified atom stereocenters. The van der Waals surface area contributed by atoms with Gasteiger partial charge in [0.1, 0.15) is 5.94 Å². The van der Waals surface area contributed by atoms with Crippen LogP contribution in [-0.2, 0) is 9.84 Å². The molecule has 0 fully saturated rings. The second-order valence-corrected chi connectivity index (χ2v) is 5.37. The predicted molar refractivity (Wildman–Crippen MR) is 54.9 cm³/mol. The Morgan fingerprint density at radius 2 is 1.57 bits per heavy atom. The maximum absolute atomic E-state index is 11.5. The summed E-state index contributed by atoms with van der Waals surface area (Å²) in [5.74, 6) is -0.836. The molecule has 3 nitrogen and oxygen atoms in total. The summed E-state index contributed by atoms with van der Waals surface area (Å²) in [7, 11) is -3.52. The lowest BCUT2D eigenvalue weighted by molar-refractivity contribution is 0.358. The van der Waals surface area contributed by atoms with Crippen LogP contribution in [0.2, 0.25) is 0 Å². The molecular weight excluding hydrogens is 200 g/mol. The highest BCUT2D eigenvalue weighted by Gasteiger charge is 2.18. The van der Waals surface area contributed by atoms with E-state index in [-0.39, 0.29) is 4.90 Å². The Hall–Kier alpha value is -0.870. The summed E-state index contributed by atoms with van der Waals surface area (Å²) in [6, 6.07) is 3.60. The third kappa shape index (κ3) is 1.96. The van der Waals surface area contributed by atoms with Gasteiger partial charge in [0.2, 0.25) is 9.84 Å². The number of aryl methyl sites for hydroxylation is 3. The quantitative estimate of drug-likeness (QED) is 0.808. The molecule has 0 heterocycles. The summed E-state index contributed by atoms with van der Waals surface area (Å²) in [5, 5.41) is 8.78. The van der Waals surface area contributed by atoms with Gasteiger partial charge in [0.15, 0.2) is 0 Å². The molecule has 0 bridgehead atoms. The van der Waals surface area contributed by atoms with E-state index in [1.807, 2.05) is 6.92 Å². The summed E-state index contributed by atoms with van der Waals surface area (Å²) in [6.07, 6.45) is 0. The Labute approximate surface area is 84.3 Å². The molecular formula is C10H14O3S. The van der Waals surface area contributed by atoms with E-state index < -0.39 is 15.8 Å². The fourth-order valence-corrected chi connectivity index (χ4v) is 2.95. The summed E-state index contributed by atoms with van der Waals surface area (Å²) in [5.41, 5.74) is 2.41. The van der Waals surface area contributed by atoms with Gasteiger partial charge in [-0.3, -0.25) is 0 Å². The molecule has 0 saturated carbocycles. The van der Waals surface area contributed by atoms with E-state index in [1.165, 1.54) is 0 Å². The number of hydrogen-bond donors (Lipinski definition) is 1. The van der Waals surface area contributed by atoms with Crippen molar-refractivity contribution in [3.63, 3.8) is 0 Å². The van der Waals surface area contributed by atoms with Crippen LogP contribution in [0.3, 0.4) is 0 Å². The smallest absolute Gasteiger partial charge is 0.202 e. The van der Waals surface area contributed by atoms with Crippen LogP contribution in [0.25, 0.3) is 0 Å². The van der Waals surface area contributed by atoms with Crippen molar-refractivity contribution in [2.45, 2.75) is 25.7 Å². The lowest BCUT2D eigenvalue weighted by Gasteiger charge is -2.09. The van der Waals surface area contributed by atoms with Gasteiger partial charge >= 0.3 is 0 Å². The average molecular weight is 214 g/mol. The number of hydrogen-bond acceptors (Lipinski definition) is 3. The number of aliphatic hydroxyl groups excluding tert-OH is 1. The second-order valence-electron chi connectivity index (χ2n) is 3.47. The summed E-state index contributed by atoms with van der Waals surface area (Å²) in [6.45, 7) is 5.39. The molecule has 78 valence electrons. The molecule has 0 radical (unpaired) electrons. The topological polar surface area (TPSA) is 54.4 Å². The first-order chi connectivity index (χ1) is 6.38. The van der Waals surface area contributed by atoms with Crippen LogP contribution in [0.1, 0.15) is 16.7 Å². The molecule has 0 atom stereocenters. The van der Waals surface area contributed by atoms with E-state index in [1.54, 1.807) is 26.0 Å². The zero-order valence-corrected chi connectivity index (χ0v) is 9.35. The Morgan fingerprint density at radius 1 is 1.14 bits per heavy atom. The van der Waals surface area contributed by atoms with Gasteiger partial charge in [-0.15, -0.1) is 0 Å². The number of benzene rings is 1. The van der Waals surface area contributed by atoms with Crippen molar-refractivity contribution in [1.29, 1.82) is 0 Å². The van der Waals surface area contributed by atoms with Crippen LogP contribution in [0.5, 0.6) is 0 Å². The fraction of sp³-hybridized carbons (Fsp3) is 0.400. The first-order valence-electron chi connectivity index (χ1n) is 4.30. The zero-order valence-electron chi connectivity index (χ0n) is 8.53. The molecule has 0 aliphatic carbocycles. The molecule has 1 aromatic carbocycles. The van der Waals surface area contributed by atoms with Crippen LogP contribution in [0.15, 0.2) is 17.0 Å². The van der Waals surface area contributed by atoms with Crippen molar-refractivity contribution >= 4 is 9.84 Å². The Morgan fingerprint density at radius 3 is 1.93 bits per heavy atom. The van der Waals surface area contributed by atoms with Crippen molar-refractivity contribution in [2.75, 3.05) is 5.94 Å². The van der Waals surface area contributed by atoms with Gasteiger partial charge in [-0.2, -0.15) is 0 Å². The number of aliphatic hydroxyl groups is 1. The molecule has 0 amide bonds. The normalized spacial score (nSPS) is 11.7. The van der Waals surface area contributed by atoms with Crippen LogP contribution < -0.4 is 0 Å². The summed E-state index contributed by atoms with van der Waals surface area (Å²) >= 11 is 0. The summed E-state index contributed by atoms with van der Waals surface area (Å²) in [4.78, 5) is 0.255. The van der Waals surface area contributed by atoms with Gasteiger partial charge in [0.25, 0.3) is 0 Å². The van der Waals surface area contributed by atoms with Crippen LogP contribution >= 0.6 is 0 Å². The minimum Gasteiger partial charge on any atom is -0.380 e. The molecule has 0 aliphatic heterocycles. The highest BCUT2D eigenvalue weighted by atomic mass is 32.2. The highest BCUT2D eigenvalue weighted by Crippen LogP contribution is 2.22. The van der Waals surface area contributed by atoms with Crippen LogP contribution in [0.4, 0.5) is 0 Å². The molecule has 1 rings (SSSR count). The van der Waals surface area contributed by atoms with Gasteiger partial charge in [-0.1, -0.05) is 17.7 Å². The second kappa shape index (κ2) is 3.71. The third-order valence-corrected chi connectivity index (χ3v) is 3.69. The minimum atomic E-state index is -3.52. The SMILES string of the molecule is Cc1cc(C)c(S(=O)(=O)CO)c(C)c1. The molecule has 1 aromatic rings. The molecule has 0 spiro atoms. The van der Waals surface area contributed by atoms with Crippen molar-refractivity contribution in [2.24, 2.45) is 0 Å². The van der Waals surface area contributed by atoms with Gasteiger partial charge in [-0.05, 0) is 31.9 Å². The number of rotatable bonds is 2. The van der Waals surface area contributed by atoms with Crippen molar-refractivity contribution in [1.82, 2.24) is 0 Å². The predicted octanol–water partition coefficient (Wildman–Crippen LogP) is 1.34. The maximum atomic E-state index is 11.5. The first-order valence-corrected chi connectivity index (χ1v) is 5.95. The van der Waals surface area contributed by atoms with E-state index >= 15 is 0 Å². The number of sulfone groups is 1. The maximum Gasteiger partial charge on any atom is 0.202 e. The fourth-order valence-electron chi connectivity index (χ4n) is 1.72. The molecule has 4 heteroatoms. The van der Waals surface area contributed by atoms with Crippen molar-refractivity contribution in [3.8, 4) is 0 Å². The Bertz CT molecular complexity index is 423. The highest BCUT2D eigenvalue weighted by molar-refractivity contribution is 7.91. The third-order valence-electron chi connectivity index (χ3n) is 2.09. The average Bonchev–Trinajstić information content (AvgIpc) is 2.01. The Kier molecular flexibility index (Phi) is 2.97. The van der Waals surface area contributed by atoms with Crippen LogP contribution in [-0.4, -0.2) is 19.5 Å². The monoisotopic (exact) mass is 214 g/mol. The molecule has 0 aromatic heterocycles. The molecule has 0 saturated heterocycles. The Balaban J connectivity index is 3.51. The lowest BCUT2D eigenvalue weighted by atomic mass is 10.1. The van der Waals surface area contributed by atoms with Crippen molar-refractivity contribution in [3.05, 3.63) is 28.8 Å². The van der Waals surface area contributed by atoms with E-state index in [0.717, 1.165) is 5.56 Å². The summed E-state index contributed by atoms with van der Waals surface area (Å²) < 4.78 is 23.0. The van der Waals surface area contributed by atoms with Crippen LogP contribution in [0, 0.1) is 20.8 Å². The van der Waals surface area contributed by atoms with Gasteiger partial charge < -0.3 is 5.11 Å². The largest absolute Gasteiger partial charge is 0.380 e. The lowest BCUT2D eigenvalue weighted by Crippen LogP contribution is -2.09. The van der Waals surface area contributed by atoms with Gasteiger partial charge in [0, 0.05) is 0 Å². The van der Waals surface area contributed by atoms with E-state index in [4.69, 9.17) is 5.11 Å². The first kappa shape index (κ1) is 11.2. The molecule has 14 heavy (non-hydrogen) atoms. The van der Waals surface area contributed by atoms with E-state index in [0.29, 0.717) is 11.1 Å². The minimum absolute atomic E-state index is 0.255. The van der Waals surface area contributed by atoms with Gasteiger partial charge in [0.05, 0.1) is 4.90 Å². The van der Waals surface area contributed by atoms with Crippen molar-refractivity contribution < 1.29 is 13.5 Å². The standard InChI is InChI=1S/C10H14O3S/c1-7-4-8(2)10(9(3)5-7)14(12,13)6-11/h4-5,11H,6H2,1-3H3. The molecule has 1 N–H and O–H groups in total. The van der Waals surface area contributed by atoms with E-state index in [2.05, 4.69) is 0 Å².